The molecule has 1 unspecified atom stereocenters. The summed E-state index contributed by atoms with van der Waals surface area (Å²) >= 11 is 6.10. The molecule has 1 aliphatic heterocycles. The van der Waals surface area contributed by atoms with Crippen LogP contribution in [0.5, 0.6) is 0 Å². The summed E-state index contributed by atoms with van der Waals surface area (Å²) in [5.41, 5.74) is 3.43. The predicted octanol–water partition coefficient (Wildman–Crippen LogP) is 2.31. The van der Waals surface area contributed by atoms with E-state index in [4.69, 9.17) is 11.6 Å². The standard InChI is InChI=1S/C18H19ClN2O/c1-13(18(22)20-17-9-5-4-8-16(17)19)21-11-10-14-6-2-3-7-15(14)12-21/h2-9,13H,10-12H2,1H3,(H,20,22)/p+1/t13-/m0/s1. The van der Waals surface area contributed by atoms with Gasteiger partial charge in [0.15, 0.2) is 6.04 Å². The highest BCUT2D eigenvalue weighted by Gasteiger charge is 2.29. The topological polar surface area (TPSA) is 33.5 Å². The van der Waals surface area contributed by atoms with E-state index in [1.807, 2.05) is 25.1 Å². The molecule has 3 rings (SSSR count). The number of halogens is 1. The SMILES string of the molecule is C[C@@H](C(=O)Nc1ccccc1Cl)[NH+]1CCc2ccccc2C1. The molecule has 2 aromatic carbocycles. The fourth-order valence-electron chi connectivity index (χ4n) is 2.96. The van der Waals surface area contributed by atoms with Crippen LogP contribution in [0.1, 0.15) is 18.1 Å². The van der Waals surface area contributed by atoms with Gasteiger partial charge in [-0.25, -0.2) is 0 Å². The number of nitrogens with one attached hydrogen (secondary N) is 2. The van der Waals surface area contributed by atoms with Crippen molar-refractivity contribution in [2.75, 3.05) is 11.9 Å². The highest BCUT2D eigenvalue weighted by molar-refractivity contribution is 6.33. The third kappa shape index (κ3) is 3.16. The Morgan fingerprint density at radius 1 is 1.14 bits per heavy atom. The summed E-state index contributed by atoms with van der Waals surface area (Å²) in [6, 6.07) is 15.7. The molecule has 0 aliphatic carbocycles. The Hall–Kier alpha value is -1.84. The van der Waals surface area contributed by atoms with Gasteiger partial charge in [-0.1, -0.05) is 48.0 Å². The lowest BCUT2D eigenvalue weighted by molar-refractivity contribution is -0.929. The van der Waals surface area contributed by atoms with Crippen molar-refractivity contribution in [3.8, 4) is 0 Å². The first-order chi connectivity index (χ1) is 10.6. The number of para-hydroxylation sites is 1. The molecular weight excluding hydrogens is 296 g/mol. The minimum Gasteiger partial charge on any atom is -0.321 e. The Labute approximate surface area is 135 Å². The van der Waals surface area contributed by atoms with Gasteiger partial charge in [-0.05, 0) is 24.6 Å². The van der Waals surface area contributed by atoms with Crippen LogP contribution in [0.3, 0.4) is 0 Å². The molecule has 2 N–H and O–H groups in total. The van der Waals surface area contributed by atoms with Gasteiger partial charge < -0.3 is 10.2 Å². The van der Waals surface area contributed by atoms with Crippen molar-refractivity contribution in [2.24, 2.45) is 0 Å². The van der Waals surface area contributed by atoms with Crippen LogP contribution in [0.4, 0.5) is 5.69 Å². The zero-order chi connectivity index (χ0) is 15.5. The van der Waals surface area contributed by atoms with Crippen molar-refractivity contribution in [3.63, 3.8) is 0 Å². The van der Waals surface area contributed by atoms with Gasteiger partial charge in [0.25, 0.3) is 5.91 Å². The van der Waals surface area contributed by atoms with E-state index < -0.39 is 0 Å². The Kier molecular flexibility index (Phi) is 4.46. The molecule has 0 fully saturated rings. The molecule has 2 atom stereocenters. The van der Waals surface area contributed by atoms with Gasteiger partial charge in [0.05, 0.1) is 17.3 Å². The number of rotatable bonds is 3. The van der Waals surface area contributed by atoms with E-state index in [2.05, 4.69) is 29.6 Å². The Bertz CT molecular complexity index is 686. The second-order valence-electron chi connectivity index (χ2n) is 5.79. The number of quaternary nitrogens is 1. The van der Waals surface area contributed by atoms with Gasteiger partial charge in [-0.3, -0.25) is 4.79 Å². The van der Waals surface area contributed by atoms with Gasteiger partial charge in [0.2, 0.25) is 0 Å². The van der Waals surface area contributed by atoms with Crippen LogP contribution in [-0.2, 0) is 17.8 Å². The minimum atomic E-state index is -0.107. The highest BCUT2D eigenvalue weighted by Crippen LogP contribution is 2.20. The molecule has 4 heteroatoms. The van der Waals surface area contributed by atoms with E-state index in [0.29, 0.717) is 10.7 Å². The van der Waals surface area contributed by atoms with Crippen molar-refractivity contribution >= 4 is 23.2 Å². The van der Waals surface area contributed by atoms with Gasteiger partial charge in [0, 0.05) is 12.0 Å². The van der Waals surface area contributed by atoms with E-state index in [1.165, 1.54) is 16.0 Å². The van der Waals surface area contributed by atoms with Crippen LogP contribution >= 0.6 is 11.6 Å². The van der Waals surface area contributed by atoms with Gasteiger partial charge >= 0.3 is 0 Å². The van der Waals surface area contributed by atoms with E-state index in [9.17, 15) is 4.79 Å². The summed E-state index contributed by atoms with van der Waals surface area (Å²) in [6.07, 6.45) is 1.02. The summed E-state index contributed by atoms with van der Waals surface area (Å²) in [5, 5.41) is 3.51. The lowest BCUT2D eigenvalue weighted by atomic mass is 9.99. The molecule has 0 aromatic heterocycles. The van der Waals surface area contributed by atoms with E-state index in [0.717, 1.165) is 19.5 Å². The van der Waals surface area contributed by atoms with Gasteiger partial charge in [-0.15, -0.1) is 0 Å². The fourth-order valence-corrected chi connectivity index (χ4v) is 3.14. The average molecular weight is 316 g/mol. The molecule has 2 aromatic rings. The summed E-state index contributed by atoms with van der Waals surface area (Å²) in [5.74, 6) is 0.0162. The average Bonchev–Trinajstić information content (AvgIpc) is 2.55. The molecule has 114 valence electrons. The number of fused-ring (bicyclic) bond motifs is 1. The Morgan fingerprint density at radius 3 is 2.59 bits per heavy atom. The zero-order valence-electron chi connectivity index (χ0n) is 12.6. The molecule has 1 heterocycles. The Balaban J connectivity index is 1.68. The molecule has 1 aliphatic rings. The lowest BCUT2D eigenvalue weighted by Crippen LogP contribution is -3.16. The maximum Gasteiger partial charge on any atom is 0.282 e. The predicted molar refractivity (Wildman–Crippen MR) is 89.2 cm³/mol. The van der Waals surface area contributed by atoms with Gasteiger partial charge in [-0.2, -0.15) is 0 Å². The van der Waals surface area contributed by atoms with Crippen LogP contribution < -0.4 is 10.2 Å². The molecule has 1 amide bonds. The zero-order valence-corrected chi connectivity index (χ0v) is 13.4. The van der Waals surface area contributed by atoms with Crippen LogP contribution in [0.2, 0.25) is 5.02 Å². The molecule has 0 spiro atoms. The molecule has 0 bridgehead atoms. The number of hydrogen-bond donors (Lipinski definition) is 2. The molecule has 0 radical (unpaired) electrons. The third-order valence-electron chi connectivity index (χ3n) is 4.39. The van der Waals surface area contributed by atoms with Crippen LogP contribution in [0.25, 0.3) is 0 Å². The van der Waals surface area contributed by atoms with Crippen molar-refractivity contribution in [1.82, 2.24) is 0 Å². The summed E-state index contributed by atoms with van der Waals surface area (Å²) < 4.78 is 0. The number of anilines is 1. The van der Waals surface area contributed by atoms with E-state index in [1.54, 1.807) is 6.07 Å². The van der Waals surface area contributed by atoms with Crippen LogP contribution in [0, 0.1) is 0 Å². The first-order valence-corrected chi connectivity index (χ1v) is 7.99. The van der Waals surface area contributed by atoms with Crippen molar-refractivity contribution in [3.05, 3.63) is 64.7 Å². The third-order valence-corrected chi connectivity index (χ3v) is 4.72. The number of amides is 1. The molecule has 22 heavy (non-hydrogen) atoms. The van der Waals surface area contributed by atoms with Crippen LogP contribution in [-0.4, -0.2) is 18.5 Å². The molecule has 0 saturated heterocycles. The van der Waals surface area contributed by atoms with E-state index in [-0.39, 0.29) is 11.9 Å². The van der Waals surface area contributed by atoms with Crippen LogP contribution in [0.15, 0.2) is 48.5 Å². The fraction of sp³-hybridized carbons (Fsp3) is 0.278. The quantitative estimate of drug-likeness (QED) is 0.895. The minimum absolute atomic E-state index is 0.0162. The summed E-state index contributed by atoms with van der Waals surface area (Å²) in [6.45, 7) is 3.86. The Morgan fingerprint density at radius 2 is 1.82 bits per heavy atom. The second kappa shape index (κ2) is 6.51. The smallest absolute Gasteiger partial charge is 0.282 e. The number of benzene rings is 2. The first-order valence-electron chi connectivity index (χ1n) is 7.62. The largest absolute Gasteiger partial charge is 0.321 e. The second-order valence-corrected chi connectivity index (χ2v) is 6.20. The first kappa shape index (κ1) is 15.1. The van der Waals surface area contributed by atoms with Crippen molar-refractivity contribution in [1.29, 1.82) is 0 Å². The van der Waals surface area contributed by atoms with E-state index >= 15 is 0 Å². The van der Waals surface area contributed by atoms with Gasteiger partial charge in [0.1, 0.15) is 6.54 Å². The maximum absolute atomic E-state index is 12.5. The number of hydrogen-bond acceptors (Lipinski definition) is 1. The summed E-state index contributed by atoms with van der Waals surface area (Å²) in [7, 11) is 0. The number of carbonyl (C=O) groups excluding carboxylic acids is 1. The summed E-state index contributed by atoms with van der Waals surface area (Å²) in [4.78, 5) is 13.8. The van der Waals surface area contributed by atoms with Crippen molar-refractivity contribution in [2.45, 2.75) is 25.9 Å². The van der Waals surface area contributed by atoms with Crippen molar-refractivity contribution < 1.29 is 9.69 Å². The lowest BCUT2D eigenvalue weighted by Gasteiger charge is -2.30. The maximum atomic E-state index is 12.5. The monoisotopic (exact) mass is 315 g/mol. The number of carbonyl (C=O) groups is 1. The highest BCUT2D eigenvalue weighted by atomic mass is 35.5. The normalized spacial score (nSPS) is 18.4. The molecular formula is C18H20ClN2O+. The molecule has 0 saturated carbocycles. The molecule has 3 nitrogen and oxygen atoms in total.